The molecule has 0 saturated heterocycles. The van der Waals surface area contributed by atoms with Crippen LogP contribution in [-0.4, -0.2) is 11.8 Å². The Kier molecular flexibility index (Phi) is 6.38. The van der Waals surface area contributed by atoms with Gasteiger partial charge in [0.1, 0.15) is 0 Å². The SMILES string of the molecule is CCCCc1ccc(NC(=O)C(=O)Nc2cccc(Cl)c2C)cc1. The zero-order valence-electron chi connectivity index (χ0n) is 13.9. The number of hydrogen-bond donors (Lipinski definition) is 2. The summed E-state index contributed by atoms with van der Waals surface area (Å²) in [5.41, 5.74) is 3.06. The van der Waals surface area contributed by atoms with Gasteiger partial charge in [-0.3, -0.25) is 9.59 Å². The number of nitrogens with one attached hydrogen (secondary N) is 2. The third-order valence-corrected chi connectivity index (χ3v) is 4.16. The number of carbonyl (C=O) groups excluding carboxylic acids is 2. The van der Waals surface area contributed by atoms with Crippen LogP contribution in [0.25, 0.3) is 0 Å². The summed E-state index contributed by atoms with van der Waals surface area (Å²) >= 11 is 6.01. The molecule has 2 aromatic carbocycles. The fourth-order valence-electron chi connectivity index (χ4n) is 2.25. The van der Waals surface area contributed by atoms with E-state index in [1.165, 1.54) is 5.56 Å². The van der Waals surface area contributed by atoms with Crippen molar-refractivity contribution in [3.8, 4) is 0 Å². The average Bonchev–Trinajstić information content (AvgIpc) is 2.58. The van der Waals surface area contributed by atoms with E-state index in [2.05, 4.69) is 17.6 Å². The Morgan fingerprint density at radius 2 is 1.67 bits per heavy atom. The van der Waals surface area contributed by atoms with E-state index in [1.54, 1.807) is 37.3 Å². The predicted octanol–water partition coefficient (Wildman–Crippen LogP) is 4.57. The smallest absolute Gasteiger partial charge is 0.314 e. The molecular formula is C19H21ClN2O2. The van der Waals surface area contributed by atoms with Crippen molar-refractivity contribution in [1.82, 2.24) is 0 Å². The van der Waals surface area contributed by atoms with Crippen molar-refractivity contribution in [2.45, 2.75) is 33.1 Å². The lowest BCUT2D eigenvalue weighted by Gasteiger charge is -2.10. The molecule has 2 rings (SSSR count). The summed E-state index contributed by atoms with van der Waals surface area (Å²) in [6.07, 6.45) is 3.29. The second-order valence-electron chi connectivity index (χ2n) is 5.62. The molecule has 0 spiro atoms. The summed E-state index contributed by atoms with van der Waals surface area (Å²) in [6.45, 7) is 3.93. The molecule has 2 aromatic rings. The molecule has 0 atom stereocenters. The number of aryl methyl sites for hydroxylation is 1. The molecule has 0 aliphatic carbocycles. The molecular weight excluding hydrogens is 324 g/mol. The van der Waals surface area contributed by atoms with E-state index in [-0.39, 0.29) is 0 Å². The van der Waals surface area contributed by atoms with Gasteiger partial charge in [-0.25, -0.2) is 0 Å². The predicted molar refractivity (Wildman–Crippen MR) is 98.5 cm³/mol. The Bertz CT molecular complexity index is 727. The lowest BCUT2D eigenvalue weighted by Crippen LogP contribution is -2.29. The molecule has 2 amide bonds. The summed E-state index contributed by atoms with van der Waals surface area (Å²) in [4.78, 5) is 24.0. The number of rotatable bonds is 5. The third-order valence-electron chi connectivity index (χ3n) is 3.75. The van der Waals surface area contributed by atoms with Gasteiger partial charge in [-0.1, -0.05) is 43.1 Å². The van der Waals surface area contributed by atoms with Crippen molar-refractivity contribution >= 4 is 34.8 Å². The number of hydrogen-bond acceptors (Lipinski definition) is 2. The fourth-order valence-corrected chi connectivity index (χ4v) is 2.42. The molecule has 0 aliphatic heterocycles. The van der Waals surface area contributed by atoms with Gasteiger partial charge in [0, 0.05) is 16.4 Å². The molecule has 0 bridgehead atoms. The summed E-state index contributed by atoms with van der Waals surface area (Å²) < 4.78 is 0. The van der Waals surface area contributed by atoms with Gasteiger partial charge in [-0.05, 0) is 55.2 Å². The summed E-state index contributed by atoms with van der Waals surface area (Å²) in [7, 11) is 0. The van der Waals surface area contributed by atoms with Crippen LogP contribution in [0.5, 0.6) is 0 Å². The largest absolute Gasteiger partial charge is 0.318 e. The molecule has 5 heteroatoms. The molecule has 4 nitrogen and oxygen atoms in total. The van der Waals surface area contributed by atoms with Crippen LogP contribution in [0.2, 0.25) is 5.02 Å². The first kappa shape index (κ1) is 18.0. The van der Waals surface area contributed by atoms with E-state index in [4.69, 9.17) is 11.6 Å². The van der Waals surface area contributed by atoms with Gasteiger partial charge >= 0.3 is 11.8 Å². The minimum Gasteiger partial charge on any atom is -0.318 e. The van der Waals surface area contributed by atoms with E-state index < -0.39 is 11.8 Å². The normalized spacial score (nSPS) is 10.3. The van der Waals surface area contributed by atoms with Crippen LogP contribution in [0.4, 0.5) is 11.4 Å². The zero-order valence-corrected chi connectivity index (χ0v) is 14.6. The summed E-state index contributed by atoms with van der Waals surface area (Å²) in [5.74, 6) is -1.44. The van der Waals surface area contributed by atoms with Gasteiger partial charge in [0.15, 0.2) is 0 Å². The number of anilines is 2. The number of carbonyl (C=O) groups is 2. The van der Waals surface area contributed by atoms with Gasteiger partial charge in [0.25, 0.3) is 0 Å². The first-order valence-corrected chi connectivity index (χ1v) is 8.35. The highest BCUT2D eigenvalue weighted by molar-refractivity contribution is 6.44. The lowest BCUT2D eigenvalue weighted by atomic mass is 10.1. The van der Waals surface area contributed by atoms with E-state index in [1.807, 2.05) is 12.1 Å². The fraction of sp³-hybridized carbons (Fsp3) is 0.263. The van der Waals surface area contributed by atoms with Crippen LogP contribution in [-0.2, 0) is 16.0 Å². The Morgan fingerprint density at radius 3 is 2.33 bits per heavy atom. The molecule has 24 heavy (non-hydrogen) atoms. The number of unbranched alkanes of at least 4 members (excludes halogenated alkanes) is 1. The van der Waals surface area contributed by atoms with Gasteiger partial charge < -0.3 is 10.6 Å². The number of benzene rings is 2. The molecule has 0 aliphatic rings. The van der Waals surface area contributed by atoms with Crippen molar-refractivity contribution < 1.29 is 9.59 Å². The second-order valence-corrected chi connectivity index (χ2v) is 6.03. The highest BCUT2D eigenvalue weighted by Crippen LogP contribution is 2.22. The van der Waals surface area contributed by atoms with Gasteiger partial charge in [-0.2, -0.15) is 0 Å². The molecule has 2 N–H and O–H groups in total. The number of amides is 2. The summed E-state index contributed by atoms with van der Waals surface area (Å²) in [5, 5.41) is 5.71. The quantitative estimate of drug-likeness (QED) is 0.781. The Labute approximate surface area is 147 Å². The van der Waals surface area contributed by atoms with E-state index in [0.29, 0.717) is 16.4 Å². The maximum Gasteiger partial charge on any atom is 0.314 e. The van der Waals surface area contributed by atoms with E-state index in [9.17, 15) is 9.59 Å². The summed E-state index contributed by atoms with van der Waals surface area (Å²) in [6, 6.07) is 12.7. The van der Waals surface area contributed by atoms with Gasteiger partial charge in [0.2, 0.25) is 0 Å². The zero-order chi connectivity index (χ0) is 17.5. The molecule has 126 valence electrons. The van der Waals surface area contributed by atoms with Crippen molar-refractivity contribution in [3.05, 3.63) is 58.6 Å². The maximum absolute atomic E-state index is 12.0. The maximum atomic E-state index is 12.0. The van der Waals surface area contributed by atoms with Crippen LogP contribution in [0.15, 0.2) is 42.5 Å². The van der Waals surface area contributed by atoms with Crippen molar-refractivity contribution in [1.29, 1.82) is 0 Å². The molecule has 0 radical (unpaired) electrons. The van der Waals surface area contributed by atoms with Crippen molar-refractivity contribution in [3.63, 3.8) is 0 Å². The van der Waals surface area contributed by atoms with Crippen LogP contribution < -0.4 is 10.6 Å². The van der Waals surface area contributed by atoms with Gasteiger partial charge in [-0.15, -0.1) is 0 Å². The second kappa shape index (κ2) is 8.50. The van der Waals surface area contributed by atoms with Crippen molar-refractivity contribution in [2.75, 3.05) is 10.6 Å². The molecule has 0 unspecified atom stereocenters. The molecule has 0 aromatic heterocycles. The minimum atomic E-state index is -0.726. The molecule has 0 saturated carbocycles. The van der Waals surface area contributed by atoms with Crippen LogP contribution in [0.1, 0.15) is 30.9 Å². The van der Waals surface area contributed by atoms with Crippen LogP contribution >= 0.6 is 11.6 Å². The minimum absolute atomic E-state index is 0.526. The van der Waals surface area contributed by atoms with Crippen molar-refractivity contribution in [2.24, 2.45) is 0 Å². The average molecular weight is 345 g/mol. The number of halogens is 1. The van der Waals surface area contributed by atoms with Crippen LogP contribution in [0, 0.1) is 6.92 Å². The van der Waals surface area contributed by atoms with Gasteiger partial charge in [0.05, 0.1) is 0 Å². The first-order valence-electron chi connectivity index (χ1n) is 7.97. The van der Waals surface area contributed by atoms with E-state index in [0.717, 1.165) is 24.8 Å². The highest BCUT2D eigenvalue weighted by atomic mass is 35.5. The molecule has 0 fully saturated rings. The standard InChI is InChI=1S/C19H21ClN2O2/c1-3-4-6-14-9-11-15(12-10-14)21-18(23)19(24)22-17-8-5-7-16(20)13(17)2/h5,7-12H,3-4,6H2,1-2H3,(H,21,23)(H,22,24). The Hall–Kier alpha value is -2.33. The van der Waals surface area contributed by atoms with Crippen LogP contribution in [0.3, 0.4) is 0 Å². The molecule has 0 heterocycles. The lowest BCUT2D eigenvalue weighted by molar-refractivity contribution is -0.133. The Balaban J connectivity index is 1.96. The first-order chi connectivity index (χ1) is 11.5. The monoisotopic (exact) mass is 344 g/mol. The topological polar surface area (TPSA) is 58.2 Å². The van der Waals surface area contributed by atoms with E-state index >= 15 is 0 Å². The highest BCUT2D eigenvalue weighted by Gasteiger charge is 2.15. The third kappa shape index (κ3) is 4.83. The Morgan fingerprint density at radius 1 is 1.00 bits per heavy atom.